The second-order valence-corrected chi connectivity index (χ2v) is 13.7. The summed E-state index contributed by atoms with van der Waals surface area (Å²) < 4.78 is 0. The summed E-state index contributed by atoms with van der Waals surface area (Å²) in [6, 6.07) is 0. The minimum atomic E-state index is -0.432. The first-order valence-electron chi connectivity index (χ1n) is 13.5. The minimum absolute atomic E-state index is 0.0000295. The van der Waals surface area contributed by atoms with E-state index in [1.807, 2.05) is 6.08 Å². The Bertz CT molecular complexity index is 877. The third kappa shape index (κ3) is 3.54. The van der Waals surface area contributed by atoms with Crippen LogP contribution in [0.5, 0.6) is 0 Å². The Morgan fingerprint density at radius 3 is 2.39 bits per heavy atom. The molecule has 4 rings (SSSR count). The van der Waals surface area contributed by atoms with E-state index < -0.39 is 6.10 Å². The van der Waals surface area contributed by atoms with Gasteiger partial charge in [-0.05, 0) is 98.4 Å². The van der Waals surface area contributed by atoms with Gasteiger partial charge in [-0.2, -0.15) is 0 Å². The maximum atomic E-state index is 12.8. The van der Waals surface area contributed by atoms with E-state index in [0.29, 0.717) is 24.0 Å². The third-order valence-corrected chi connectivity index (χ3v) is 11.4. The zero-order valence-corrected chi connectivity index (χ0v) is 22.4. The second-order valence-electron chi connectivity index (χ2n) is 13.7. The highest BCUT2D eigenvalue weighted by Gasteiger charge is 2.65. The minimum Gasteiger partial charge on any atom is -0.389 e. The number of fused-ring (bicyclic) bond motifs is 4. The van der Waals surface area contributed by atoms with Gasteiger partial charge in [-0.25, -0.2) is 0 Å². The smallest absolute Gasteiger partial charge is 0.138 e. The molecule has 0 spiro atoms. The van der Waals surface area contributed by atoms with Crippen LogP contribution >= 0.6 is 0 Å². The summed E-state index contributed by atoms with van der Waals surface area (Å²) in [6.45, 7) is 18.0. The van der Waals surface area contributed by atoms with Crippen molar-refractivity contribution in [2.45, 2.75) is 119 Å². The number of rotatable bonds is 4. The van der Waals surface area contributed by atoms with Gasteiger partial charge in [0, 0.05) is 11.8 Å². The Labute approximate surface area is 202 Å². The van der Waals surface area contributed by atoms with E-state index in [4.69, 9.17) is 0 Å². The fourth-order valence-electron chi connectivity index (χ4n) is 9.40. The van der Waals surface area contributed by atoms with Gasteiger partial charge in [0.1, 0.15) is 5.78 Å². The molecule has 0 amide bonds. The van der Waals surface area contributed by atoms with E-state index in [1.165, 1.54) is 23.1 Å². The van der Waals surface area contributed by atoms with Gasteiger partial charge in [-0.3, -0.25) is 4.79 Å². The lowest BCUT2D eigenvalue weighted by atomic mass is 9.43. The molecule has 0 aromatic rings. The second kappa shape index (κ2) is 8.05. The molecule has 4 aliphatic carbocycles. The Morgan fingerprint density at radius 2 is 1.76 bits per heavy atom. The van der Waals surface area contributed by atoms with Crippen molar-refractivity contribution in [2.24, 2.45) is 39.4 Å². The van der Waals surface area contributed by atoms with Crippen molar-refractivity contribution in [3.63, 3.8) is 0 Å². The van der Waals surface area contributed by atoms with E-state index in [-0.39, 0.29) is 33.7 Å². The van der Waals surface area contributed by atoms with Crippen molar-refractivity contribution < 1.29 is 15.0 Å². The monoisotopic (exact) mass is 456 g/mol. The molecule has 8 unspecified atom stereocenters. The first kappa shape index (κ1) is 25.2. The lowest BCUT2D eigenvalue weighted by Crippen LogP contribution is -2.57. The molecule has 8 atom stereocenters. The quantitative estimate of drug-likeness (QED) is 0.467. The number of hydrogen-bond acceptors (Lipinski definition) is 3. The molecule has 0 aliphatic heterocycles. The SMILES string of the molecule is CC(C)=CC(O)CC(C)C1CCC2(C)C3=C(CCC12C)C1(C)CCC(=O)C(C)(C)C1CC3O. The van der Waals surface area contributed by atoms with Crippen LogP contribution in [0.1, 0.15) is 107 Å². The van der Waals surface area contributed by atoms with Crippen LogP contribution in [0.2, 0.25) is 0 Å². The molecule has 2 N–H and O–H groups in total. The van der Waals surface area contributed by atoms with Gasteiger partial charge in [-0.1, -0.05) is 58.8 Å². The molecular formula is C30H48O3. The molecule has 186 valence electrons. The predicted molar refractivity (Wildman–Crippen MR) is 135 cm³/mol. The van der Waals surface area contributed by atoms with Crippen molar-refractivity contribution in [2.75, 3.05) is 0 Å². The summed E-state index contributed by atoms with van der Waals surface area (Å²) in [6.07, 6.45) is 8.82. The lowest BCUT2D eigenvalue weighted by Gasteiger charge is -2.61. The molecule has 2 fully saturated rings. The Morgan fingerprint density at radius 1 is 1.09 bits per heavy atom. The summed E-state index contributed by atoms with van der Waals surface area (Å²) in [5, 5.41) is 22.3. The number of ketones is 1. The van der Waals surface area contributed by atoms with E-state index in [9.17, 15) is 15.0 Å². The average Bonchev–Trinajstić information content (AvgIpc) is 2.97. The fraction of sp³-hybridized carbons (Fsp3) is 0.833. The van der Waals surface area contributed by atoms with Crippen molar-refractivity contribution in [1.82, 2.24) is 0 Å². The number of allylic oxidation sites excluding steroid dienone is 2. The Kier molecular flexibility index (Phi) is 6.14. The summed E-state index contributed by atoms with van der Waals surface area (Å²) in [5.74, 6) is 1.60. The van der Waals surface area contributed by atoms with E-state index in [2.05, 4.69) is 55.4 Å². The maximum Gasteiger partial charge on any atom is 0.138 e. The van der Waals surface area contributed by atoms with Gasteiger partial charge in [0.25, 0.3) is 0 Å². The molecule has 3 heteroatoms. The molecule has 3 nitrogen and oxygen atoms in total. The summed E-state index contributed by atoms with van der Waals surface area (Å²) >= 11 is 0. The third-order valence-electron chi connectivity index (χ3n) is 11.4. The topological polar surface area (TPSA) is 57.5 Å². The molecule has 0 aromatic heterocycles. The normalized spacial score (nSPS) is 43.9. The molecule has 0 aromatic carbocycles. The van der Waals surface area contributed by atoms with Crippen molar-refractivity contribution >= 4 is 5.78 Å². The van der Waals surface area contributed by atoms with Crippen LogP contribution < -0.4 is 0 Å². The standard InChI is InChI=1S/C30H48O3/c1-18(2)15-20(31)16-19(3)21-9-14-30(8)26-22(10-13-29(21,30)7)28(6)12-11-25(33)27(4,5)24(28)17-23(26)32/h15,19-21,23-24,31-32H,9-14,16-17H2,1-8H3. The van der Waals surface area contributed by atoms with Crippen LogP contribution in [-0.4, -0.2) is 28.2 Å². The molecule has 4 aliphatic rings. The van der Waals surface area contributed by atoms with Gasteiger partial charge in [0.15, 0.2) is 0 Å². The summed E-state index contributed by atoms with van der Waals surface area (Å²) in [7, 11) is 0. The van der Waals surface area contributed by atoms with Gasteiger partial charge in [-0.15, -0.1) is 0 Å². The van der Waals surface area contributed by atoms with Crippen molar-refractivity contribution in [1.29, 1.82) is 0 Å². The van der Waals surface area contributed by atoms with Crippen LogP contribution in [0.3, 0.4) is 0 Å². The molecule has 0 bridgehead atoms. The van der Waals surface area contributed by atoms with Gasteiger partial charge in [0.2, 0.25) is 0 Å². The number of carbonyl (C=O) groups excluding carboxylic acids is 1. The molecular weight excluding hydrogens is 408 g/mol. The summed E-state index contributed by atoms with van der Waals surface area (Å²) in [5.41, 5.74) is 3.83. The highest BCUT2D eigenvalue weighted by molar-refractivity contribution is 5.85. The largest absolute Gasteiger partial charge is 0.389 e. The first-order valence-corrected chi connectivity index (χ1v) is 13.5. The number of carbonyl (C=O) groups is 1. The molecule has 33 heavy (non-hydrogen) atoms. The zero-order chi connectivity index (χ0) is 24.6. The highest BCUT2D eigenvalue weighted by atomic mass is 16.3. The molecule has 2 saturated carbocycles. The van der Waals surface area contributed by atoms with E-state index in [1.54, 1.807) is 0 Å². The molecule has 0 saturated heterocycles. The summed E-state index contributed by atoms with van der Waals surface area (Å²) in [4.78, 5) is 12.8. The fourth-order valence-corrected chi connectivity index (χ4v) is 9.40. The number of aliphatic hydroxyl groups excluding tert-OH is 2. The van der Waals surface area contributed by atoms with Crippen LogP contribution in [0, 0.1) is 39.4 Å². The first-order chi connectivity index (χ1) is 15.2. The van der Waals surface area contributed by atoms with Crippen molar-refractivity contribution in [3.05, 3.63) is 22.8 Å². The number of Topliss-reactive ketones (excluding diaryl/α,β-unsaturated/α-hetero) is 1. The van der Waals surface area contributed by atoms with Crippen LogP contribution in [0.15, 0.2) is 22.8 Å². The molecule has 0 radical (unpaired) electrons. The zero-order valence-electron chi connectivity index (χ0n) is 22.4. The number of hydrogen-bond donors (Lipinski definition) is 2. The predicted octanol–water partition coefficient (Wildman–Crippen LogP) is 6.63. The van der Waals surface area contributed by atoms with Crippen LogP contribution in [0.4, 0.5) is 0 Å². The van der Waals surface area contributed by atoms with Crippen LogP contribution in [-0.2, 0) is 4.79 Å². The van der Waals surface area contributed by atoms with Crippen molar-refractivity contribution in [3.8, 4) is 0 Å². The molecule has 0 heterocycles. The highest BCUT2D eigenvalue weighted by Crippen LogP contribution is 2.72. The number of aliphatic hydroxyl groups is 2. The Balaban J connectivity index is 1.70. The maximum absolute atomic E-state index is 12.8. The van der Waals surface area contributed by atoms with Gasteiger partial charge < -0.3 is 10.2 Å². The lowest BCUT2D eigenvalue weighted by molar-refractivity contribution is -0.141. The van der Waals surface area contributed by atoms with Crippen LogP contribution in [0.25, 0.3) is 0 Å². The van der Waals surface area contributed by atoms with Gasteiger partial charge >= 0.3 is 0 Å². The average molecular weight is 457 g/mol. The van der Waals surface area contributed by atoms with E-state index in [0.717, 1.165) is 38.5 Å². The Hall–Kier alpha value is -0.930. The van der Waals surface area contributed by atoms with Gasteiger partial charge in [0.05, 0.1) is 12.2 Å². The van der Waals surface area contributed by atoms with E-state index >= 15 is 0 Å².